The Morgan fingerprint density at radius 1 is 1.53 bits per heavy atom. The number of aliphatic hydroxyl groups excluding tert-OH is 1. The SMILES string of the molecule is COc1ccc(CSCCO)cc1C#N. The van der Waals surface area contributed by atoms with Crippen molar-refractivity contribution in [2.24, 2.45) is 0 Å². The second kappa shape index (κ2) is 6.33. The molecule has 0 atom stereocenters. The van der Waals surface area contributed by atoms with Gasteiger partial charge in [-0.25, -0.2) is 0 Å². The van der Waals surface area contributed by atoms with Crippen LogP contribution in [0.5, 0.6) is 5.75 Å². The Balaban J connectivity index is 2.71. The van der Waals surface area contributed by atoms with Gasteiger partial charge in [0.15, 0.2) is 0 Å². The van der Waals surface area contributed by atoms with Crippen molar-refractivity contribution in [3.05, 3.63) is 29.3 Å². The van der Waals surface area contributed by atoms with E-state index in [1.54, 1.807) is 24.9 Å². The molecule has 0 bridgehead atoms. The topological polar surface area (TPSA) is 53.2 Å². The molecular weight excluding hydrogens is 210 g/mol. The number of hydrogen-bond acceptors (Lipinski definition) is 4. The summed E-state index contributed by atoms with van der Waals surface area (Å²) in [6.45, 7) is 0.186. The molecule has 0 spiro atoms. The summed E-state index contributed by atoms with van der Waals surface area (Å²) in [5.41, 5.74) is 1.63. The van der Waals surface area contributed by atoms with Crippen LogP contribution in [0.25, 0.3) is 0 Å². The third kappa shape index (κ3) is 3.46. The summed E-state index contributed by atoms with van der Waals surface area (Å²) < 4.78 is 5.05. The van der Waals surface area contributed by atoms with Crippen molar-refractivity contribution in [3.63, 3.8) is 0 Å². The Kier molecular flexibility index (Phi) is 5.02. The van der Waals surface area contributed by atoms with Gasteiger partial charge in [0.25, 0.3) is 0 Å². The summed E-state index contributed by atoms with van der Waals surface area (Å²) in [5, 5.41) is 17.5. The van der Waals surface area contributed by atoms with E-state index in [9.17, 15) is 0 Å². The maximum absolute atomic E-state index is 8.87. The Morgan fingerprint density at radius 3 is 2.93 bits per heavy atom. The average Bonchev–Trinajstić information content (AvgIpc) is 2.29. The predicted octanol–water partition coefficient (Wildman–Crippen LogP) is 1.79. The van der Waals surface area contributed by atoms with Crippen LogP contribution >= 0.6 is 11.8 Å². The molecule has 80 valence electrons. The Morgan fingerprint density at radius 2 is 2.33 bits per heavy atom. The molecule has 1 aromatic carbocycles. The fraction of sp³-hybridized carbons (Fsp3) is 0.364. The first-order valence-corrected chi connectivity index (χ1v) is 5.73. The van der Waals surface area contributed by atoms with Crippen molar-refractivity contribution in [2.75, 3.05) is 19.5 Å². The second-order valence-electron chi connectivity index (χ2n) is 2.92. The van der Waals surface area contributed by atoms with Gasteiger partial charge in [0, 0.05) is 11.5 Å². The van der Waals surface area contributed by atoms with Crippen LogP contribution in [0, 0.1) is 11.3 Å². The second-order valence-corrected chi connectivity index (χ2v) is 4.03. The molecule has 0 aromatic heterocycles. The van der Waals surface area contributed by atoms with E-state index >= 15 is 0 Å². The summed E-state index contributed by atoms with van der Waals surface area (Å²) in [6, 6.07) is 7.65. The molecule has 1 rings (SSSR count). The van der Waals surface area contributed by atoms with Crippen LogP contribution in [0.3, 0.4) is 0 Å². The molecule has 0 aliphatic carbocycles. The van der Waals surface area contributed by atoms with E-state index in [4.69, 9.17) is 15.1 Å². The van der Waals surface area contributed by atoms with E-state index in [1.165, 1.54) is 0 Å². The molecule has 0 heterocycles. The summed E-state index contributed by atoms with van der Waals surface area (Å²) in [4.78, 5) is 0. The quantitative estimate of drug-likeness (QED) is 0.773. The molecule has 1 aromatic rings. The number of ether oxygens (including phenoxy) is 1. The molecule has 0 saturated heterocycles. The molecule has 15 heavy (non-hydrogen) atoms. The minimum absolute atomic E-state index is 0.186. The number of nitriles is 1. The molecule has 0 radical (unpaired) electrons. The molecular formula is C11H13NO2S. The van der Waals surface area contributed by atoms with Crippen molar-refractivity contribution < 1.29 is 9.84 Å². The molecule has 0 aliphatic heterocycles. The third-order valence-electron chi connectivity index (χ3n) is 1.89. The highest BCUT2D eigenvalue weighted by Gasteiger charge is 2.03. The van der Waals surface area contributed by atoms with Crippen molar-refractivity contribution in [1.82, 2.24) is 0 Å². The highest BCUT2D eigenvalue weighted by Crippen LogP contribution is 2.21. The monoisotopic (exact) mass is 223 g/mol. The maximum Gasteiger partial charge on any atom is 0.136 e. The van der Waals surface area contributed by atoms with Crippen molar-refractivity contribution >= 4 is 11.8 Å². The smallest absolute Gasteiger partial charge is 0.136 e. The van der Waals surface area contributed by atoms with Crippen LogP contribution in [0.2, 0.25) is 0 Å². The van der Waals surface area contributed by atoms with Crippen LogP contribution in [0.1, 0.15) is 11.1 Å². The zero-order valence-electron chi connectivity index (χ0n) is 8.56. The zero-order chi connectivity index (χ0) is 11.1. The van der Waals surface area contributed by atoms with Gasteiger partial charge in [-0.1, -0.05) is 6.07 Å². The van der Waals surface area contributed by atoms with Crippen molar-refractivity contribution in [3.8, 4) is 11.8 Å². The number of thioether (sulfide) groups is 1. The Hall–Kier alpha value is -1.18. The van der Waals surface area contributed by atoms with Crippen LogP contribution in [-0.4, -0.2) is 24.6 Å². The van der Waals surface area contributed by atoms with Crippen LogP contribution in [0.4, 0.5) is 0 Å². The highest BCUT2D eigenvalue weighted by atomic mass is 32.2. The molecule has 0 unspecified atom stereocenters. The van der Waals surface area contributed by atoms with Gasteiger partial charge in [-0.2, -0.15) is 17.0 Å². The van der Waals surface area contributed by atoms with E-state index < -0.39 is 0 Å². The fourth-order valence-electron chi connectivity index (χ4n) is 1.19. The lowest BCUT2D eigenvalue weighted by atomic mass is 10.1. The summed E-state index contributed by atoms with van der Waals surface area (Å²) >= 11 is 1.64. The van der Waals surface area contributed by atoms with E-state index in [1.807, 2.05) is 12.1 Å². The molecule has 0 amide bonds. The molecule has 0 aliphatic rings. The van der Waals surface area contributed by atoms with Gasteiger partial charge in [-0.3, -0.25) is 0 Å². The average molecular weight is 223 g/mol. The third-order valence-corrected chi connectivity index (χ3v) is 2.90. The predicted molar refractivity (Wildman–Crippen MR) is 61.0 cm³/mol. The number of hydrogen-bond donors (Lipinski definition) is 1. The lowest BCUT2D eigenvalue weighted by Gasteiger charge is -2.05. The number of nitrogens with zero attached hydrogens (tertiary/aromatic N) is 1. The van der Waals surface area contributed by atoms with E-state index in [2.05, 4.69) is 6.07 Å². The van der Waals surface area contributed by atoms with Gasteiger partial charge in [-0.15, -0.1) is 0 Å². The first-order chi connectivity index (χ1) is 7.31. The normalized spacial score (nSPS) is 9.67. The number of aliphatic hydroxyl groups is 1. The highest BCUT2D eigenvalue weighted by molar-refractivity contribution is 7.98. The lowest BCUT2D eigenvalue weighted by Crippen LogP contribution is -1.91. The molecule has 0 fully saturated rings. The summed E-state index contributed by atoms with van der Waals surface area (Å²) in [5.74, 6) is 2.13. The molecule has 1 N–H and O–H groups in total. The summed E-state index contributed by atoms with van der Waals surface area (Å²) in [7, 11) is 1.55. The largest absolute Gasteiger partial charge is 0.495 e. The minimum Gasteiger partial charge on any atom is -0.495 e. The molecule has 4 heteroatoms. The molecule has 0 saturated carbocycles. The van der Waals surface area contributed by atoms with Gasteiger partial charge < -0.3 is 9.84 Å². The standard InChI is InChI=1S/C11H13NO2S/c1-14-11-3-2-9(6-10(11)7-12)8-15-5-4-13/h2-3,6,13H,4-5,8H2,1H3. The minimum atomic E-state index is 0.186. The number of benzene rings is 1. The van der Waals surface area contributed by atoms with Gasteiger partial charge in [0.1, 0.15) is 11.8 Å². The van der Waals surface area contributed by atoms with E-state index in [0.717, 1.165) is 11.3 Å². The van der Waals surface area contributed by atoms with Crippen LogP contribution in [0.15, 0.2) is 18.2 Å². The zero-order valence-corrected chi connectivity index (χ0v) is 9.38. The van der Waals surface area contributed by atoms with Crippen molar-refractivity contribution in [1.29, 1.82) is 5.26 Å². The fourth-order valence-corrected chi connectivity index (χ4v) is 1.88. The molecule has 3 nitrogen and oxygen atoms in total. The van der Waals surface area contributed by atoms with Gasteiger partial charge in [0.05, 0.1) is 19.3 Å². The number of rotatable bonds is 5. The first kappa shape index (κ1) is 11.9. The first-order valence-electron chi connectivity index (χ1n) is 4.57. The van der Waals surface area contributed by atoms with Gasteiger partial charge in [0.2, 0.25) is 0 Å². The van der Waals surface area contributed by atoms with Gasteiger partial charge >= 0.3 is 0 Å². The van der Waals surface area contributed by atoms with Crippen LogP contribution in [-0.2, 0) is 5.75 Å². The van der Waals surface area contributed by atoms with E-state index in [0.29, 0.717) is 17.1 Å². The van der Waals surface area contributed by atoms with Crippen LogP contribution < -0.4 is 4.74 Å². The van der Waals surface area contributed by atoms with E-state index in [-0.39, 0.29) is 6.61 Å². The Bertz CT molecular complexity index is 360. The van der Waals surface area contributed by atoms with Gasteiger partial charge in [-0.05, 0) is 17.7 Å². The summed E-state index contributed by atoms with van der Waals surface area (Å²) in [6.07, 6.45) is 0. The maximum atomic E-state index is 8.87. The number of methoxy groups -OCH3 is 1. The lowest BCUT2D eigenvalue weighted by molar-refractivity contribution is 0.322. The van der Waals surface area contributed by atoms with Crippen molar-refractivity contribution in [2.45, 2.75) is 5.75 Å². The Labute approximate surface area is 93.7 Å².